The molecule has 2 aromatic heterocycles. The van der Waals surface area contributed by atoms with Crippen molar-refractivity contribution in [1.82, 2.24) is 10.2 Å². The van der Waals surface area contributed by atoms with Crippen molar-refractivity contribution in [1.29, 1.82) is 0 Å². The summed E-state index contributed by atoms with van der Waals surface area (Å²) in [7, 11) is -3.91. The number of hydrogen-bond acceptors (Lipinski definition) is 7. The second kappa shape index (κ2) is 9.25. The minimum absolute atomic E-state index is 0.00784. The number of furan rings is 1. The van der Waals surface area contributed by atoms with Gasteiger partial charge in [0.15, 0.2) is 5.78 Å². The summed E-state index contributed by atoms with van der Waals surface area (Å²) in [4.78, 5) is 12.9. The fraction of sp³-hybridized carbons (Fsp3) is 0.125. The van der Waals surface area contributed by atoms with Crippen LogP contribution in [-0.2, 0) is 10.0 Å². The zero-order valence-corrected chi connectivity index (χ0v) is 18.8. The summed E-state index contributed by atoms with van der Waals surface area (Å²) in [6.07, 6.45) is 3.06. The topological polar surface area (TPSA) is 115 Å². The number of carbonyl (C=O) groups excluding carboxylic acids is 1. The lowest BCUT2D eigenvalue weighted by molar-refractivity contribution is 0.0998. The number of hydrogen-bond donors (Lipinski definition) is 1. The summed E-state index contributed by atoms with van der Waals surface area (Å²) in [5, 5.41) is 7.74. The van der Waals surface area contributed by atoms with Crippen LogP contribution in [0.1, 0.15) is 39.6 Å². The molecule has 33 heavy (non-hydrogen) atoms. The Morgan fingerprint density at radius 1 is 0.970 bits per heavy atom. The first-order chi connectivity index (χ1) is 15.8. The molecule has 0 atom stereocenters. The van der Waals surface area contributed by atoms with E-state index in [2.05, 4.69) is 14.9 Å². The fourth-order valence-corrected chi connectivity index (χ4v) is 3.96. The Kier molecular flexibility index (Phi) is 6.23. The third-order valence-electron chi connectivity index (χ3n) is 4.84. The van der Waals surface area contributed by atoms with Gasteiger partial charge in [0.1, 0.15) is 5.76 Å². The van der Waals surface area contributed by atoms with E-state index in [9.17, 15) is 13.2 Å². The molecule has 0 unspecified atom stereocenters. The third kappa shape index (κ3) is 5.45. The van der Waals surface area contributed by atoms with E-state index in [0.29, 0.717) is 16.9 Å². The monoisotopic (exact) mass is 463 g/mol. The third-order valence-corrected chi connectivity index (χ3v) is 6.17. The fourth-order valence-electron chi connectivity index (χ4n) is 3.03. The van der Waals surface area contributed by atoms with E-state index in [0.717, 1.165) is 11.1 Å². The lowest BCUT2D eigenvalue weighted by Gasteiger charge is -2.05. The lowest BCUT2D eigenvalue weighted by Crippen LogP contribution is -2.13. The number of aromatic nitrogens is 2. The highest BCUT2D eigenvalue weighted by atomic mass is 32.2. The Labute approximate surface area is 191 Å². The standard InChI is InChI=1S/C24H21N3O5S/c1-16-5-9-18(10-6-16)22(28)15-19(14-20-4-3-13-31-20)23-25-26-24(32-23)27-33(29,30)21-11-7-17(2)8-12-21/h3-14H,15H2,1-2H3,(H,26,27)/b19-14+. The quantitative estimate of drug-likeness (QED) is 0.370. The van der Waals surface area contributed by atoms with Crippen molar-refractivity contribution >= 4 is 33.5 Å². The minimum Gasteiger partial charge on any atom is -0.465 e. The van der Waals surface area contributed by atoms with E-state index in [1.54, 1.807) is 42.5 Å². The number of nitrogens with zero attached hydrogens (tertiary/aromatic N) is 2. The Morgan fingerprint density at radius 2 is 1.64 bits per heavy atom. The highest BCUT2D eigenvalue weighted by molar-refractivity contribution is 7.92. The molecule has 4 rings (SSSR count). The second-order valence-electron chi connectivity index (χ2n) is 7.48. The van der Waals surface area contributed by atoms with Gasteiger partial charge in [0.05, 0.1) is 11.2 Å². The van der Waals surface area contributed by atoms with Crippen LogP contribution < -0.4 is 4.72 Å². The van der Waals surface area contributed by atoms with Gasteiger partial charge in [-0.25, -0.2) is 13.1 Å². The maximum absolute atomic E-state index is 12.8. The van der Waals surface area contributed by atoms with Crippen molar-refractivity contribution in [2.24, 2.45) is 0 Å². The van der Waals surface area contributed by atoms with E-state index in [1.165, 1.54) is 18.4 Å². The first kappa shape index (κ1) is 22.2. The molecule has 0 fully saturated rings. The number of ketones is 1. The molecule has 0 bridgehead atoms. The van der Waals surface area contributed by atoms with Crippen LogP contribution in [0.4, 0.5) is 6.01 Å². The van der Waals surface area contributed by atoms with E-state index in [4.69, 9.17) is 8.83 Å². The highest BCUT2D eigenvalue weighted by Gasteiger charge is 2.21. The van der Waals surface area contributed by atoms with Gasteiger partial charge in [0.25, 0.3) is 10.0 Å². The summed E-state index contributed by atoms with van der Waals surface area (Å²) >= 11 is 0. The number of sulfonamides is 1. The van der Waals surface area contributed by atoms with Crippen LogP contribution in [0.2, 0.25) is 0 Å². The van der Waals surface area contributed by atoms with Crippen LogP contribution in [0.5, 0.6) is 0 Å². The largest absolute Gasteiger partial charge is 0.465 e. The number of benzene rings is 2. The minimum atomic E-state index is -3.91. The number of Topliss-reactive ketones (excluding diaryl/α,β-unsaturated/α-hetero) is 1. The molecular weight excluding hydrogens is 442 g/mol. The summed E-state index contributed by atoms with van der Waals surface area (Å²) in [5.41, 5.74) is 2.90. The molecule has 8 nitrogen and oxygen atoms in total. The first-order valence-corrected chi connectivity index (χ1v) is 11.6. The summed E-state index contributed by atoms with van der Waals surface area (Å²) < 4.78 is 38.4. The van der Waals surface area contributed by atoms with Crippen LogP contribution in [0, 0.1) is 13.8 Å². The van der Waals surface area contributed by atoms with Crippen molar-refractivity contribution in [2.75, 3.05) is 4.72 Å². The average molecular weight is 464 g/mol. The van der Waals surface area contributed by atoms with Crippen molar-refractivity contribution in [3.8, 4) is 0 Å². The van der Waals surface area contributed by atoms with Gasteiger partial charge < -0.3 is 8.83 Å². The van der Waals surface area contributed by atoms with E-state index >= 15 is 0 Å². The molecule has 0 saturated heterocycles. The molecule has 0 aliphatic heterocycles. The highest BCUT2D eigenvalue weighted by Crippen LogP contribution is 2.25. The van der Waals surface area contributed by atoms with Crippen LogP contribution in [0.15, 0.2) is 80.7 Å². The van der Waals surface area contributed by atoms with Gasteiger partial charge in [-0.3, -0.25) is 4.79 Å². The zero-order valence-electron chi connectivity index (χ0n) is 18.0. The molecule has 4 aromatic rings. The molecule has 0 spiro atoms. The van der Waals surface area contributed by atoms with Crippen molar-refractivity contribution < 1.29 is 22.0 Å². The Bertz CT molecular complexity index is 1390. The Balaban J connectivity index is 1.60. The normalized spacial score (nSPS) is 12.0. The number of aryl methyl sites for hydroxylation is 2. The van der Waals surface area contributed by atoms with E-state index in [1.807, 2.05) is 26.0 Å². The van der Waals surface area contributed by atoms with Gasteiger partial charge in [-0.2, -0.15) is 0 Å². The molecule has 0 aliphatic rings. The maximum atomic E-state index is 12.8. The predicted molar refractivity (Wildman–Crippen MR) is 123 cm³/mol. The van der Waals surface area contributed by atoms with E-state index in [-0.39, 0.29) is 29.0 Å². The molecule has 1 N–H and O–H groups in total. The summed E-state index contributed by atoms with van der Waals surface area (Å²) in [6, 6.07) is 16.7. The van der Waals surface area contributed by atoms with Crippen molar-refractivity contribution in [3.05, 3.63) is 95.3 Å². The van der Waals surface area contributed by atoms with Crippen molar-refractivity contribution in [2.45, 2.75) is 25.2 Å². The smallest absolute Gasteiger partial charge is 0.330 e. The second-order valence-corrected chi connectivity index (χ2v) is 9.16. The molecule has 2 heterocycles. The van der Waals surface area contributed by atoms with Gasteiger partial charge in [0.2, 0.25) is 5.89 Å². The maximum Gasteiger partial charge on any atom is 0.330 e. The van der Waals surface area contributed by atoms with Crippen molar-refractivity contribution in [3.63, 3.8) is 0 Å². The molecule has 0 amide bonds. The summed E-state index contributed by atoms with van der Waals surface area (Å²) in [6.45, 7) is 3.80. The van der Waals surface area contributed by atoms with Crippen LogP contribution in [0.25, 0.3) is 11.6 Å². The lowest BCUT2D eigenvalue weighted by atomic mass is 10.0. The Morgan fingerprint density at radius 3 is 2.27 bits per heavy atom. The van der Waals surface area contributed by atoms with Gasteiger partial charge in [-0.15, -0.1) is 5.10 Å². The molecule has 9 heteroatoms. The zero-order chi connectivity index (χ0) is 23.4. The Hall–Kier alpha value is -3.98. The first-order valence-electron chi connectivity index (χ1n) is 10.1. The molecule has 2 aromatic carbocycles. The van der Waals surface area contributed by atoms with Gasteiger partial charge in [-0.1, -0.05) is 52.6 Å². The number of anilines is 1. The van der Waals surface area contributed by atoms with Gasteiger partial charge >= 0.3 is 6.01 Å². The predicted octanol–water partition coefficient (Wildman–Crippen LogP) is 4.89. The van der Waals surface area contributed by atoms with E-state index < -0.39 is 10.0 Å². The van der Waals surface area contributed by atoms with Crippen LogP contribution in [0.3, 0.4) is 0 Å². The van der Waals surface area contributed by atoms with Crippen LogP contribution >= 0.6 is 0 Å². The SMILES string of the molecule is Cc1ccc(C(=O)C/C(=C\c2ccco2)c2nnc(NS(=O)(=O)c3ccc(C)cc3)o2)cc1. The van der Waals surface area contributed by atoms with Crippen LogP contribution in [-0.4, -0.2) is 24.4 Å². The van der Waals surface area contributed by atoms with Gasteiger partial charge in [0, 0.05) is 17.6 Å². The molecule has 0 aliphatic carbocycles. The molecule has 0 saturated carbocycles. The average Bonchev–Trinajstić information content (AvgIpc) is 3.46. The number of nitrogens with one attached hydrogen (secondary N) is 1. The molecule has 0 radical (unpaired) electrons. The molecule has 168 valence electrons. The summed E-state index contributed by atoms with van der Waals surface area (Å²) in [5.74, 6) is 0.336. The number of rotatable bonds is 8. The molecular formula is C24H21N3O5S. The van der Waals surface area contributed by atoms with Gasteiger partial charge in [-0.05, 0) is 44.2 Å². The number of carbonyl (C=O) groups is 1. The number of allylic oxidation sites excluding steroid dienone is 1.